The number of alkyl halides is 6. The van der Waals surface area contributed by atoms with E-state index < -0.39 is 62.2 Å². The fourth-order valence-electron chi connectivity index (χ4n) is 3.89. The van der Waals surface area contributed by atoms with E-state index in [4.69, 9.17) is 0 Å². The van der Waals surface area contributed by atoms with E-state index in [2.05, 4.69) is 15.0 Å². The summed E-state index contributed by atoms with van der Waals surface area (Å²) in [5.74, 6) is -1.66. The average molecular weight is 497 g/mol. The zero-order valence-corrected chi connectivity index (χ0v) is 18.0. The molecule has 0 bridgehead atoms. The summed E-state index contributed by atoms with van der Waals surface area (Å²) >= 11 is 0. The van der Waals surface area contributed by atoms with Crippen LogP contribution in [0, 0.1) is 0 Å². The molecule has 4 heterocycles. The van der Waals surface area contributed by atoms with Crippen molar-refractivity contribution in [2.75, 3.05) is 5.75 Å². The van der Waals surface area contributed by atoms with Gasteiger partial charge in [-0.2, -0.15) is 26.3 Å². The zero-order chi connectivity index (χ0) is 24.6. The third-order valence-corrected chi connectivity index (χ3v) is 7.39. The molecule has 1 unspecified atom stereocenters. The number of fused-ring (bicyclic) bond motifs is 2. The Bertz CT molecular complexity index is 1360. The van der Waals surface area contributed by atoms with Gasteiger partial charge in [-0.15, -0.1) is 0 Å². The first-order valence-electron chi connectivity index (χ1n) is 9.64. The summed E-state index contributed by atoms with van der Waals surface area (Å²) in [6, 6.07) is 0.648. The normalized spacial score (nSPS) is 19.8. The molecule has 0 fully saturated rings. The van der Waals surface area contributed by atoms with E-state index in [9.17, 15) is 39.9 Å². The zero-order valence-electron chi connectivity index (χ0n) is 17.2. The summed E-state index contributed by atoms with van der Waals surface area (Å²) in [5, 5.41) is 9.87. The van der Waals surface area contributed by atoms with Gasteiger partial charge in [0.15, 0.2) is 26.5 Å². The van der Waals surface area contributed by atoms with E-state index in [0.29, 0.717) is 6.07 Å². The number of hydrogen-bond donors (Lipinski definition) is 1. The minimum absolute atomic E-state index is 0.0786. The molecule has 8 nitrogen and oxygen atoms in total. The second-order valence-corrected chi connectivity index (χ2v) is 9.85. The highest BCUT2D eigenvalue weighted by Crippen LogP contribution is 2.47. The predicted octanol–water partition coefficient (Wildman–Crippen LogP) is 3.19. The van der Waals surface area contributed by atoms with Crippen LogP contribution >= 0.6 is 0 Å². The molecule has 0 spiro atoms. The summed E-state index contributed by atoms with van der Waals surface area (Å²) in [5.41, 5.74) is -5.24. The van der Waals surface area contributed by atoms with Gasteiger partial charge in [-0.05, 0) is 18.9 Å². The molecular formula is C18H17F6N5O3S. The van der Waals surface area contributed by atoms with Crippen LogP contribution in [0.4, 0.5) is 26.3 Å². The van der Waals surface area contributed by atoms with E-state index in [1.54, 1.807) is 0 Å². The number of aromatic nitrogens is 5. The van der Waals surface area contributed by atoms with Crippen molar-refractivity contribution < 1.29 is 39.9 Å². The van der Waals surface area contributed by atoms with E-state index >= 15 is 0 Å². The molecule has 15 heteroatoms. The number of nitrogens with zero attached hydrogens (tertiary/aromatic N) is 5. The third kappa shape index (κ3) is 3.48. The highest BCUT2D eigenvalue weighted by molar-refractivity contribution is 7.91. The molecule has 0 aliphatic carbocycles. The van der Waals surface area contributed by atoms with Crippen molar-refractivity contribution in [1.82, 2.24) is 24.1 Å². The molecule has 1 aliphatic heterocycles. The van der Waals surface area contributed by atoms with Gasteiger partial charge in [0.25, 0.3) is 0 Å². The van der Waals surface area contributed by atoms with Crippen LogP contribution in [-0.4, -0.2) is 49.5 Å². The summed E-state index contributed by atoms with van der Waals surface area (Å²) in [6.07, 6.45) is -9.92. The Balaban J connectivity index is 2.05. The summed E-state index contributed by atoms with van der Waals surface area (Å²) in [6.45, 7) is 1.13. The molecule has 0 amide bonds. The molecule has 0 saturated carbocycles. The Morgan fingerprint density at radius 2 is 1.85 bits per heavy atom. The highest BCUT2D eigenvalue weighted by Gasteiger charge is 2.59. The van der Waals surface area contributed by atoms with E-state index in [1.807, 2.05) is 0 Å². The van der Waals surface area contributed by atoms with Crippen LogP contribution < -0.4 is 0 Å². The molecule has 3 aromatic heterocycles. The lowest BCUT2D eigenvalue weighted by atomic mass is 9.93. The molecule has 4 rings (SSSR count). The molecule has 1 aliphatic rings. The summed E-state index contributed by atoms with van der Waals surface area (Å²) < 4.78 is 108. The third-order valence-electron chi connectivity index (χ3n) is 5.62. The van der Waals surface area contributed by atoms with Gasteiger partial charge in [-0.3, -0.25) is 0 Å². The first-order valence-corrected chi connectivity index (χ1v) is 11.3. The fraction of sp³-hybridized carbons (Fsp3) is 0.500. The number of sulfone groups is 1. The molecule has 33 heavy (non-hydrogen) atoms. The first kappa shape index (κ1) is 23.5. The second kappa shape index (κ2) is 7.16. The molecule has 0 radical (unpaired) electrons. The van der Waals surface area contributed by atoms with Gasteiger partial charge in [0.05, 0.1) is 23.0 Å². The number of imidazole rings is 2. The van der Waals surface area contributed by atoms with Crippen molar-refractivity contribution in [1.29, 1.82) is 0 Å². The lowest BCUT2D eigenvalue weighted by Gasteiger charge is -2.34. The van der Waals surface area contributed by atoms with Crippen LogP contribution in [0.1, 0.15) is 31.3 Å². The number of pyridine rings is 1. The smallest absolute Gasteiger partial charge is 0.374 e. The predicted molar refractivity (Wildman–Crippen MR) is 102 cm³/mol. The van der Waals surface area contributed by atoms with E-state index in [0.717, 1.165) is 10.8 Å². The Morgan fingerprint density at radius 3 is 2.42 bits per heavy atom. The van der Waals surface area contributed by atoms with Crippen LogP contribution in [0.15, 0.2) is 17.3 Å². The summed E-state index contributed by atoms with van der Waals surface area (Å²) in [7, 11) is -2.84. The largest absolute Gasteiger partial charge is 0.433 e. The monoisotopic (exact) mass is 497 g/mol. The van der Waals surface area contributed by atoms with Gasteiger partial charge < -0.3 is 14.2 Å². The molecule has 180 valence electrons. The van der Waals surface area contributed by atoms with E-state index in [-0.39, 0.29) is 29.8 Å². The van der Waals surface area contributed by atoms with Crippen molar-refractivity contribution in [3.63, 3.8) is 0 Å². The Labute approximate surface area is 182 Å². The van der Waals surface area contributed by atoms with Crippen LogP contribution in [0.5, 0.6) is 0 Å². The Kier molecular flexibility index (Phi) is 5.09. The van der Waals surface area contributed by atoms with Crippen molar-refractivity contribution in [2.45, 2.75) is 49.3 Å². The van der Waals surface area contributed by atoms with Gasteiger partial charge in [-0.25, -0.2) is 23.4 Å². The quantitative estimate of drug-likeness (QED) is 0.558. The van der Waals surface area contributed by atoms with Gasteiger partial charge in [0, 0.05) is 13.6 Å². The van der Waals surface area contributed by atoms with Crippen molar-refractivity contribution in [3.05, 3.63) is 23.8 Å². The number of aryl methyl sites for hydroxylation is 1. The number of rotatable bonds is 3. The lowest BCUT2D eigenvalue weighted by molar-refractivity contribution is -0.276. The van der Waals surface area contributed by atoms with Crippen LogP contribution in [0.25, 0.3) is 22.6 Å². The molecule has 0 aromatic carbocycles. The number of hydrogen-bond acceptors (Lipinski definition) is 6. The topological polar surface area (TPSA) is 103 Å². The minimum Gasteiger partial charge on any atom is -0.374 e. The van der Waals surface area contributed by atoms with Gasteiger partial charge >= 0.3 is 12.4 Å². The van der Waals surface area contributed by atoms with Crippen LogP contribution in [0.2, 0.25) is 0 Å². The molecule has 0 saturated heterocycles. The lowest BCUT2D eigenvalue weighted by Crippen LogP contribution is -2.47. The SMILES string of the molecule is CCS(=O)(=O)c1c(-c2nc3cc(C(F)(F)F)ncc3n2C)nc2n1CCCC2(O)C(F)(F)F. The van der Waals surface area contributed by atoms with Gasteiger partial charge in [-0.1, -0.05) is 6.92 Å². The Hall–Kier alpha value is -2.68. The second-order valence-electron chi connectivity index (χ2n) is 7.66. The minimum atomic E-state index is -5.14. The van der Waals surface area contributed by atoms with Crippen molar-refractivity contribution >= 4 is 20.9 Å². The van der Waals surface area contributed by atoms with Crippen LogP contribution in [-0.2, 0) is 35.2 Å². The maximum absolute atomic E-state index is 13.7. The highest BCUT2D eigenvalue weighted by atomic mass is 32.2. The van der Waals surface area contributed by atoms with Crippen LogP contribution in [0.3, 0.4) is 0 Å². The fourth-order valence-corrected chi connectivity index (χ4v) is 5.11. The summed E-state index contributed by atoms with van der Waals surface area (Å²) in [4.78, 5) is 11.2. The Morgan fingerprint density at radius 1 is 1.18 bits per heavy atom. The maximum atomic E-state index is 13.7. The van der Waals surface area contributed by atoms with Gasteiger partial charge in [0.1, 0.15) is 11.4 Å². The average Bonchev–Trinajstić information content (AvgIpc) is 3.25. The standard InChI is InChI=1S/C18H17F6N5O3S/c1-3-33(31,32)14-12(27-15-16(30,18(22,23)24)5-4-6-29(14)15)13-26-9-7-11(17(19,20)21)25-8-10(9)28(13)2/h7-8,30H,3-6H2,1-2H3. The molecular weight excluding hydrogens is 480 g/mol. The maximum Gasteiger partial charge on any atom is 0.433 e. The van der Waals surface area contributed by atoms with E-state index in [1.165, 1.54) is 18.5 Å². The molecule has 1 N–H and O–H groups in total. The van der Waals surface area contributed by atoms with Crippen molar-refractivity contribution in [3.8, 4) is 11.5 Å². The number of aliphatic hydroxyl groups is 1. The first-order chi connectivity index (χ1) is 15.1. The molecule has 3 aromatic rings. The molecule has 1 atom stereocenters. The van der Waals surface area contributed by atoms with Crippen molar-refractivity contribution in [2.24, 2.45) is 7.05 Å². The van der Waals surface area contributed by atoms with Gasteiger partial charge in [0.2, 0.25) is 5.60 Å². The number of halogens is 6.